The van der Waals surface area contributed by atoms with Crippen LogP contribution in [0.3, 0.4) is 0 Å². The van der Waals surface area contributed by atoms with Crippen molar-refractivity contribution in [3.05, 3.63) is 34.9 Å². The highest BCUT2D eigenvalue weighted by Gasteiger charge is 2.03. The van der Waals surface area contributed by atoms with E-state index in [1.165, 1.54) is 23.1 Å². The van der Waals surface area contributed by atoms with Crippen molar-refractivity contribution in [1.29, 1.82) is 0 Å². The lowest BCUT2D eigenvalue weighted by Gasteiger charge is -2.11. The minimum absolute atomic E-state index is 0.321. The fourth-order valence-electron chi connectivity index (χ4n) is 1.96. The molecule has 0 spiro atoms. The van der Waals surface area contributed by atoms with E-state index in [1.807, 2.05) is 0 Å². The fraction of sp³-hybridized carbons (Fsp3) is 0.538. The molecule has 1 aromatic carbocycles. The van der Waals surface area contributed by atoms with Gasteiger partial charge in [-0.05, 0) is 32.3 Å². The number of benzene rings is 1. The molecular formula is C13H21N. The quantitative estimate of drug-likeness (QED) is 0.778. The molecule has 0 amide bonds. The van der Waals surface area contributed by atoms with Gasteiger partial charge < -0.3 is 5.73 Å². The summed E-state index contributed by atoms with van der Waals surface area (Å²) in [5.74, 6) is 0. The molecule has 0 aliphatic heterocycles. The van der Waals surface area contributed by atoms with Gasteiger partial charge in [-0.3, -0.25) is 0 Å². The third-order valence-electron chi connectivity index (χ3n) is 2.44. The van der Waals surface area contributed by atoms with E-state index in [1.54, 1.807) is 0 Å². The third kappa shape index (κ3) is 3.51. The van der Waals surface area contributed by atoms with Crippen molar-refractivity contribution >= 4 is 0 Å². The van der Waals surface area contributed by atoms with Crippen molar-refractivity contribution in [2.75, 3.05) is 0 Å². The largest absolute Gasteiger partial charge is 0.327 e. The maximum atomic E-state index is 6.02. The molecule has 2 N–H and O–H groups in total. The first-order valence-corrected chi connectivity index (χ1v) is 5.44. The number of hydrogen-bond acceptors (Lipinski definition) is 1. The Labute approximate surface area is 87.3 Å². The van der Waals surface area contributed by atoms with Crippen LogP contribution in [0.2, 0.25) is 0 Å². The van der Waals surface area contributed by atoms with Crippen LogP contribution < -0.4 is 5.73 Å². The predicted molar refractivity (Wildman–Crippen MR) is 62.5 cm³/mol. The molecule has 78 valence electrons. The maximum Gasteiger partial charge on any atom is 0.00792 e. The second kappa shape index (κ2) is 5.16. The van der Waals surface area contributed by atoms with Crippen LogP contribution in [0.25, 0.3) is 0 Å². The van der Waals surface area contributed by atoms with Gasteiger partial charge in [0.05, 0.1) is 0 Å². The van der Waals surface area contributed by atoms with Gasteiger partial charge >= 0.3 is 0 Å². The van der Waals surface area contributed by atoms with Crippen molar-refractivity contribution in [3.63, 3.8) is 0 Å². The SMILES string of the molecule is CCCC(N)Cc1cc(C)cc(C)c1. The van der Waals surface area contributed by atoms with E-state index in [9.17, 15) is 0 Å². The second-order valence-corrected chi connectivity index (χ2v) is 4.25. The van der Waals surface area contributed by atoms with Crippen molar-refractivity contribution in [1.82, 2.24) is 0 Å². The standard InChI is InChI=1S/C13H21N/c1-4-5-13(14)9-12-7-10(2)6-11(3)8-12/h6-8,13H,4-5,9,14H2,1-3H3. The zero-order valence-corrected chi connectivity index (χ0v) is 9.51. The molecule has 0 saturated heterocycles. The van der Waals surface area contributed by atoms with E-state index in [0.29, 0.717) is 6.04 Å². The Kier molecular flexibility index (Phi) is 4.15. The van der Waals surface area contributed by atoms with Crippen LogP contribution in [0.4, 0.5) is 0 Å². The molecule has 14 heavy (non-hydrogen) atoms. The molecule has 0 aliphatic carbocycles. The summed E-state index contributed by atoms with van der Waals surface area (Å²) < 4.78 is 0. The number of aryl methyl sites for hydroxylation is 2. The molecule has 1 rings (SSSR count). The van der Waals surface area contributed by atoms with Crippen LogP contribution in [-0.2, 0) is 6.42 Å². The molecule has 0 aromatic heterocycles. The molecule has 0 saturated carbocycles. The highest BCUT2D eigenvalue weighted by Crippen LogP contribution is 2.11. The summed E-state index contributed by atoms with van der Waals surface area (Å²) in [5.41, 5.74) is 10.1. The molecule has 0 radical (unpaired) electrons. The first-order valence-electron chi connectivity index (χ1n) is 5.44. The smallest absolute Gasteiger partial charge is 0.00792 e. The van der Waals surface area contributed by atoms with E-state index >= 15 is 0 Å². The normalized spacial score (nSPS) is 12.9. The lowest BCUT2D eigenvalue weighted by Crippen LogP contribution is -2.22. The Balaban J connectivity index is 2.66. The van der Waals surface area contributed by atoms with E-state index in [4.69, 9.17) is 5.73 Å². The van der Waals surface area contributed by atoms with Gasteiger partial charge in [-0.15, -0.1) is 0 Å². The Bertz CT molecular complexity index is 271. The molecule has 0 bridgehead atoms. The average molecular weight is 191 g/mol. The molecule has 1 atom stereocenters. The highest BCUT2D eigenvalue weighted by atomic mass is 14.6. The fourth-order valence-corrected chi connectivity index (χ4v) is 1.96. The number of hydrogen-bond donors (Lipinski definition) is 1. The monoisotopic (exact) mass is 191 g/mol. The lowest BCUT2D eigenvalue weighted by molar-refractivity contribution is 0.600. The van der Waals surface area contributed by atoms with E-state index in [-0.39, 0.29) is 0 Å². The zero-order valence-electron chi connectivity index (χ0n) is 9.51. The van der Waals surface area contributed by atoms with Crippen LogP contribution >= 0.6 is 0 Å². The van der Waals surface area contributed by atoms with Gasteiger partial charge in [0, 0.05) is 6.04 Å². The topological polar surface area (TPSA) is 26.0 Å². The Hall–Kier alpha value is -0.820. The molecule has 0 heterocycles. The Morgan fingerprint density at radius 2 is 1.71 bits per heavy atom. The van der Waals surface area contributed by atoms with Crippen LogP contribution in [0, 0.1) is 13.8 Å². The average Bonchev–Trinajstić information content (AvgIpc) is 2.01. The Morgan fingerprint density at radius 1 is 1.14 bits per heavy atom. The van der Waals surface area contributed by atoms with Crippen LogP contribution in [0.5, 0.6) is 0 Å². The zero-order chi connectivity index (χ0) is 10.6. The van der Waals surface area contributed by atoms with Crippen LogP contribution in [0.1, 0.15) is 36.5 Å². The van der Waals surface area contributed by atoms with Crippen molar-refractivity contribution in [2.45, 2.75) is 46.1 Å². The second-order valence-electron chi connectivity index (χ2n) is 4.25. The first-order chi connectivity index (χ1) is 6.61. The van der Waals surface area contributed by atoms with Crippen molar-refractivity contribution in [3.8, 4) is 0 Å². The van der Waals surface area contributed by atoms with Gasteiger partial charge in [-0.1, -0.05) is 42.7 Å². The minimum atomic E-state index is 0.321. The van der Waals surface area contributed by atoms with E-state index < -0.39 is 0 Å². The molecule has 1 unspecified atom stereocenters. The molecule has 1 heteroatoms. The molecule has 0 aliphatic rings. The van der Waals surface area contributed by atoms with E-state index in [2.05, 4.69) is 39.0 Å². The summed E-state index contributed by atoms with van der Waals surface area (Å²) in [6.45, 7) is 6.46. The summed E-state index contributed by atoms with van der Waals surface area (Å²) in [5, 5.41) is 0. The molecule has 1 nitrogen and oxygen atoms in total. The van der Waals surface area contributed by atoms with Crippen molar-refractivity contribution in [2.24, 2.45) is 5.73 Å². The van der Waals surface area contributed by atoms with Crippen molar-refractivity contribution < 1.29 is 0 Å². The summed E-state index contributed by atoms with van der Waals surface area (Å²) in [7, 11) is 0. The Morgan fingerprint density at radius 3 is 2.21 bits per heavy atom. The highest BCUT2D eigenvalue weighted by molar-refractivity contribution is 5.29. The third-order valence-corrected chi connectivity index (χ3v) is 2.44. The van der Waals surface area contributed by atoms with Gasteiger partial charge in [0.15, 0.2) is 0 Å². The van der Waals surface area contributed by atoms with Gasteiger partial charge in [0.25, 0.3) is 0 Å². The van der Waals surface area contributed by atoms with Crippen LogP contribution in [-0.4, -0.2) is 6.04 Å². The molecular weight excluding hydrogens is 170 g/mol. The molecule has 1 aromatic rings. The van der Waals surface area contributed by atoms with Crippen LogP contribution in [0.15, 0.2) is 18.2 Å². The first kappa shape index (κ1) is 11.3. The lowest BCUT2D eigenvalue weighted by atomic mass is 9.99. The van der Waals surface area contributed by atoms with Gasteiger partial charge in [0.2, 0.25) is 0 Å². The van der Waals surface area contributed by atoms with Gasteiger partial charge in [-0.25, -0.2) is 0 Å². The summed E-state index contributed by atoms with van der Waals surface area (Å²) in [6.07, 6.45) is 3.30. The maximum absolute atomic E-state index is 6.02. The molecule has 0 fully saturated rings. The number of nitrogens with two attached hydrogens (primary N) is 1. The summed E-state index contributed by atoms with van der Waals surface area (Å²) >= 11 is 0. The summed E-state index contributed by atoms with van der Waals surface area (Å²) in [4.78, 5) is 0. The number of rotatable bonds is 4. The van der Waals surface area contributed by atoms with Gasteiger partial charge in [-0.2, -0.15) is 0 Å². The minimum Gasteiger partial charge on any atom is -0.327 e. The van der Waals surface area contributed by atoms with E-state index in [0.717, 1.165) is 12.8 Å². The summed E-state index contributed by atoms with van der Waals surface area (Å²) in [6, 6.07) is 7.00. The van der Waals surface area contributed by atoms with Gasteiger partial charge in [0.1, 0.15) is 0 Å². The predicted octanol–water partition coefficient (Wildman–Crippen LogP) is 2.97.